The fraction of sp³-hybridized carbons (Fsp3) is 0.250. The Morgan fingerprint density at radius 3 is 2.20 bits per heavy atom. The van der Waals surface area contributed by atoms with Gasteiger partial charge in [-0.15, -0.1) is 0 Å². The molecule has 0 saturated heterocycles. The number of carboxylic acids is 1. The fourth-order valence-corrected chi connectivity index (χ4v) is 2.88. The standard InChI is InChI=1S/C20H20BrN3O6/c21-15-5-1-13(2-6-15)11-18(25)23-17(9-10-19(26)27)20(28)22-12-14-3-7-16(8-4-14)24(29)30/h1-8,17H,9-12H2,(H,22,28)(H,23,25)(H,26,27). The molecule has 2 aromatic rings. The summed E-state index contributed by atoms with van der Waals surface area (Å²) in [6, 6.07) is 11.8. The molecule has 10 heteroatoms. The largest absolute Gasteiger partial charge is 0.481 e. The van der Waals surface area contributed by atoms with E-state index in [2.05, 4.69) is 26.6 Å². The second kappa shape index (κ2) is 11.1. The van der Waals surface area contributed by atoms with E-state index in [9.17, 15) is 24.5 Å². The number of amides is 2. The lowest BCUT2D eigenvalue weighted by Gasteiger charge is -2.18. The van der Waals surface area contributed by atoms with E-state index in [4.69, 9.17) is 5.11 Å². The summed E-state index contributed by atoms with van der Waals surface area (Å²) in [5.74, 6) is -2.01. The lowest BCUT2D eigenvalue weighted by molar-refractivity contribution is -0.384. The molecule has 2 amide bonds. The maximum absolute atomic E-state index is 12.5. The van der Waals surface area contributed by atoms with Gasteiger partial charge in [0, 0.05) is 29.6 Å². The van der Waals surface area contributed by atoms with Crippen LogP contribution in [0, 0.1) is 10.1 Å². The van der Waals surface area contributed by atoms with Crippen molar-refractivity contribution in [1.29, 1.82) is 0 Å². The van der Waals surface area contributed by atoms with Crippen molar-refractivity contribution in [2.45, 2.75) is 31.8 Å². The molecule has 2 aromatic carbocycles. The van der Waals surface area contributed by atoms with Gasteiger partial charge < -0.3 is 15.7 Å². The monoisotopic (exact) mass is 477 g/mol. The number of rotatable bonds is 10. The van der Waals surface area contributed by atoms with Gasteiger partial charge in [0.2, 0.25) is 11.8 Å². The molecule has 30 heavy (non-hydrogen) atoms. The van der Waals surface area contributed by atoms with Crippen LogP contribution in [0.2, 0.25) is 0 Å². The molecule has 0 bridgehead atoms. The van der Waals surface area contributed by atoms with Crippen LogP contribution in [-0.2, 0) is 27.3 Å². The molecule has 0 aromatic heterocycles. The highest BCUT2D eigenvalue weighted by Crippen LogP contribution is 2.12. The normalized spacial score (nSPS) is 11.4. The van der Waals surface area contributed by atoms with E-state index in [1.165, 1.54) is 24.3 Å². The minimum Gasteiger partial charge on any atom is -0.481 e. The van der Waals surface area contributed by atoms with Gasteiger partial charge in [0.1, 0.15) is 6.04 Å². The molecule has 0 fully saturated rings. The minimum atomic E-state index is -1.08. The van der Waals surface area contributed by atoms with Gasteiger partial charge in [-0.3, -0.25) is 24.5 Å². The van der Waals surface area contributed by atoms with E-state index in [-0.39, 0.29) is 31.5 Å². The summed E-state index contributed by atoms with van der Waals surface area (Å²) in [5, 5.41) is 24.8. The zero-order valence-corrected chi connectivity index (χ0v) is 17.4. The number of carboxylic acid groups (broad SMARTS) is 1. The van der Waals surface area contributed by atoms with Gasteiger partial charge in [0.15, 0.2) is 0 Å². The predicted molar refractivity (Wildman–Crippen MR) is 112 cm³/mol. The fourth-order valence-electron chi connectivity index (χ4n) is 2.62. The van der Waals surface area contributed by atoms with E-state index in [0.717, 1.165) is 10.0 Å². The molecular weight excluding hydrogens is 458 g/mol. The van der Waals surface area contributed by atoms with Gasteiger partial charge in [-0.25, -0.2) is 0 Å². The molecule has 158 valence electrons. The van der Waals surface area contributed by atoms with Crippen LogP contribution in [-0.4, -0.2) is 33.9 Å². The highest BCUT2D eigenvalue weighted by Gasteiger charge is 2.21. The van der Waals surface area contributed by atoms with Crippen LogP contribution < -0.4 is 10.6 Å². The molecule has 0 saturated carbocycles. The summed E-state index contributed by atoms with van der Waals surface area (Å²) >= 11 is 3.31. The van der Waals surface area contributed by atoms with Crippen molar-refractivity contribution < 1.29 is 24.4 Å². The first-order chi connectivity index (χ1) is 14.2. The number of nitro benzene ring substituents is 1. The number of hydrogen-bond acceptors (Lipinski definition) is 5. The Kier molecular flexibility index (Phi) is 8.48. The minimum absolute atomic E-state index is 0.0481. The van der Waals surface area contributed by atoms with Gasteiger partial charge in [-0.05, 0) is 29.7 Å². The Bertz CT molecular complexity index is 915. The first-order valence-corrected chi connectivity index (χ1v) is 9.80. The van der Waals surface area contributed by atoms with Crippen LogP contribution in [0.3, 0.4) is 0 Å². The molecule has 1 unspecified atom stereocenters. The Morgan fingerprint density at radius 1 is 1.03 bits per heavy atom. The third-order valence-electron chi connectivity index (χ3n) is 4.19. The summed E-state index contributed by atoms with van der Waals surface area (Å²) in [7, 11) is 0. The second-order valence-electron chi connectivity index (χ2n) is 6.50. The zero-order valence-electron chi connectivity index (χ0n) is 15.8. The molecule has 0 aliphatic heterocycles. The highest BCUT2D eigenvalue weighted by molar-refractivity contribution is 9.10. The van der Waals surface area contributed by atoms with E-state index < -0.39 is 28.7 Å². The number of nitrogens with one attached hydrogen (secondary N) is 2. The van der Waals surface area contributed by atoms with Crippen LogP contribution in [0.5, 0.6) is 0 Å². The molecule has 3 N–H and O–H groups in total. The third-order valence-corrected chi connectivity index (χ3v) is 4.72. The van der Waals surface area contributed by atoms with E-state index in [1.54, 1.807) is 24.3 Å². The van der Waals surface area contributed by atoms with Crippen molar-refractivity contribution in [2.24, 2.45) is 0 Å². The first kappa shape index (κ1) is 23.0. The number of nitro groups is 1. The third kappa shape index (κ3) is 7.63. The highest BCUT2D eigenvalue weighted by atomic mass is 79.9. The average molecular weight is 478 g/mol. The van der Waals surface area contributed by atoms with Gasteiger partial charge in [0.25, 0.3) is 5.69 Å². The van der Waals surface area contributed by atoms with Crippen molar-refractivity contribution in [2.75, 3.05) is 0 Å². The molecule has 0 heterocycles. The van der Waals surface area contributed by atoms with Crippen molar-refractivity contribution >= 4 is 39.4 Å². The number of nitrogens with zero attached hydrogens (tertiary/aromatic N) is 1. The maximum Gasteiger partial charge on any atom is 0.303 e. The number of hydrogen-bond donors (Lipinski definition) is 3. The molecule has 0 radical (unpaired) electrons. The summed E-state index contributed by atoms with van der Waals surface area (Å²) in [4.78, 5) is 45.9. The van der Waals surface area contributed by atoms with Gasteiger partial charge in [0.05, 0.1) is 11.3 Å². The lowest BCUT2D eigenvalue weighted by atomic mass is 10.1. The SMILES string of the molecule is O=C(O)CCC(NC(=O)Cc1ccc(Br)cc1)C(=O)NCc1ccc([N+](=O)[O-])cc1. The summed E-state index contributed by atoms with van der Waals surface area (Å²) in [5.41, 5.74) is 1.32. The predicted octanol–water partition coefficient (Wildman–Crippen LogP) is 2.57. The first-order valence-electron chi connectivity index (χ1n) is 9.01. The zero-order chi connectivity index (χ0) is 22.1. The van der Waals surface area contributed by atoms with Gasteiger partial charge >= 0.3 is 5.97 Å². The van der Waals surface area contributed by atoms with Crippen LogP contribution in [0.25, 0.3) is 0 Å². The Balaban J connectivity index is 1.96. The van der Waals surface area contributed by atoms with Gasteiger partial charge in [-0.2, -0.15) is 0 Å². The van der Waals surface area contributed by atoms with Crippen LogP contribution in [0.15, 0.2) is 53.0 Å². The van der Waals surface area contributed by atoms with Crippen molar-refractivity contribution in [3.8, 4) is 0 Å². The number of carbonyl (C=O) groups is 3. The summed E-state index contributed by atoms with van der Waals surface area (Å²) in [6.07, 6.45) is -0.297. The van der Waals surface area contributed by atoms with Crippen LogP contribution in [0.1, 0.15) is 24.0 Å². The molecule has 0 aliphatic carbocycles. The molecule has 9 nitrogen and oxygen atoms in total. The van der Waals surface area contributed by atoms with Crippen molar-refractivity contribution in [3.05, 3.63) is 74.2 Å². The Labute approximate surface area is 180 Å². The Hall–Kier alpha value is -3.27. The molecule has 0 spiro atoms. The summed E-state index contributed by atoms with van der Waals surface area (Å²) < 4.78 is 0.872. The van der Waals surface area contributed by atoms with E-state index in [1.807, 2.05) is 0 Å². The lowest BCUT2D eigenvalue weighted by Crippen LogP contribution is -2.47. The number of aliphatic carboxylic acids is 1. The number of carbonyl (C=O) groups excluding carboxylic acids is 2. The molecule has 1 atom stereocenters. The number of benzene rings is 2. The summed E-state index contributed by atoms with van der Waals surface area (Å²) in [6.45, 7) is 0.0863. The van der Waals surface area contributed by atoms with Crippen molar-refractivity contribution in [1.82, 2.24) is 10.6 Å². The van der Waals surface area contributed by atoms with Crippen LogP contribution in [0.4, 0.5) is 5.69 Å². The molecular formula is C20H20BrN3O6. The molecule has 0 aliphatic rings. The smallest absolute Gasteiger partial charge is 0.303 e. The number of non-ortho nitro benzene ring substituents is 1. The Morgan fingerprint density at radius 2 is 1.63 bits per heavy atom. The quantitative estimate of drug-likeness (QED) is 0.355. The van der Waals surface area contributed by atoms with E-state index >= 15 is 0 Å². The van der Waals surface area contributed by atoms with E-state index in [0.29, 0.717) is 5.56 Å². The van der Waals surface area contributed by atoms with Gasteiger partial charge in [-0.1, -0.05) is 40.2 Å². The second-order valence-corrected chi connectivity index (χ2v) is 7.41. The molecule has 2 rings (SSSR count). The maximum atomic E-state index is 12.5. The number of halogens is 1. The topological polar surface area (TPSA) is 139 Å². The average Bonchev–Trinajstić information content (AvgIpc) is 2.71. The van der Waals surface area contributed by atoms with Crippen molar-refractivity contribution in [3.63, 3.8) is 0 Å². The van der Waals surface area contributed by atoms with Crippen LogP contribution >= 0.6 is 15.9 Å².